The van der Waals surface area contributed by atoms with Gasteiger partial charge >= 0.3 is 0 Å². The predicted octanol–water partition coefficient (Wildman–Crippen LogP) is 2.61. The number of nitrogens with zero attached hydrogens (tertiary/aromatic N) is 1. The Balaban J connectivity index is 1.79. The molecule has 1 heterocycles. The van der Waals surface area contributed by atoms with E-state index in [2.05, 4.69) is 0 Å². The molecule has 0 bridgehead atoms. The van der Waals surface area contributed by atoms with Gasteiger partial charge in [-0.05, 0) is 43.2 Å². The van der Waals surface area contributed by atoms with Crippen molar-refractivity contribution in [2.45, 2.75) is 43.4 Å². The maximum Gasteiger partial charge on any atom is 0.245 e. The van der Waals surface area contributed by atoms with Crippen LogP contribution in [0, 0.1) is 5.41 Å². The minimum absolute atomic E-state index is 0.252. The van der Waals surface area contributed by atoms with Crippen LogP contribution in [0.1, 0.15) is 38.5 Å². The lowest BCUT2D eigenvalue weighted by atomic mass is 9.78. The third-order valence-electron chi connectivity index (χ3n) is 4.98. The second-order valence-electron chi connectivity index (χ2n) is 6.15. The molecule has 1 aromatic carbocycles. The Morgan fingerprint density at radius 1 is 1.00 bits per heavy atom. The molecule has 1 saturated carbocycles. The molecule has 0 aromatic heterocycles. The van der Waals surface area contributed by atoms with Gasteiger partial charge in [-0.2, -0.15) is 4.31 Å². The van der Waals surface area contributed by atoms with Crippen molar-refractivity contribution in [3.63, 3.8) is 0 Å². The van der Waals surface area contributed by atoms with Crippen LogP contribution in [0.3, 0.4) is 0 Å². The van der Waals surface area contributed by atoms with Gasteiger partial charge in [0.05, 0.1) is 5.69 Å². The van der Waals surface area contributed by atoms with Crippen LogP contribution in [-0.4, -0.2) is 25.8 Å². The number of sulfonamides is 1. The number of piperidine rings is 1. The normalized spacial score (nSPS) is 23.2. The third kappa shape index (κ3) is 2.33. The van der Waals surface area contributed by atoms with E-state index in [4.69, 9.17) is 5.73 Å². The van der Waals surface area contributed by atoms with E-state index in [-0.39, 0.29) is 4.90 Å². The van der Waals surface area contributed by atoms with Crippen molar-refractivity contribution in [3.05, 3.63) is 24.3 Å². The fourth-order valence-electron chi connectivity index (χ4n) is 3.68. The van der Waals surface area contributed by atoms with E-state index in [1.54, 1.807) is 28.6 Å². The molecular weight excluding hydrogens is 272 g/mol. The third-order valence-corrected chi connectivity index (χ3v) is 6.96. The summed E-state index contributed by atoms with van der Waals surface area (Å²) >= 11 is 0. The summed E-state index contributed by atoms with van der Waals surface area (Å²) in [7, 11) is -3.43. The van der Waals surface area contributed by atoms with Gasteiger partial charge in [0.1, 0.15) is 4.90 Å². The Morgan fingerprint density at radius 3 is 2.20 bits per heavy atom. The van der Waals surface area contributed by atoms with Crippen LogP contribution in [0.5, 0.6) is 0 Å². The maximum atomic E-state index is 12.7. The Morgan fingerprint density at radius 2 is 1.60 bits per heavy atom. The molecule has 20 heavy (non-hydrogen) atoms. The van der Waals surface area contributed by atoms with Gasteiger partial charge in [0.15, 0.2) is 0 Å². The Bertz CT molecular complexity index is 582. The first kappa shape index (κ1) is 13.9. The smallest absolute Gasteiger partial charge is 0.245 e. The fourth-order valence-corrected chi connectivity index (χ4v) is 5.24. The van der Waals surface area contributed by atoms with E-state index in [9.17, 15) is 8.42 Å². The van der Waals surface area contributed by atoms with Gasteiger partial charge in [-0.1, -0.05) is 25.0 Å². The van der Waals surface area contributed by atoms with Crippen LogP contribution in [-0.2, 0) is 10.0 Å². The van der Waals surface area contributed by atoms with Crippen LogP contribution in [0.4, 0.5) is 5.69 Å². The molecule has 4 nitrogen and oxygen atoms in total. The topological polar surface area (TPSA) is 63.4 Å². The number of para-hydroxylation sites is 1. The van der Waals surface area contributed by atoms with E-state index in [0.29, 0.717) is 24.2 Å². The SMILES string of the molecule is Nc1ccccc1S(=O)(=O)N1CCC2(CCCC2)CC1. The lowest BCUT2D eigenvalue weighted by Crippen LogP contribution is -2.42. The molecule has 5 heteroatoms. The second kappa shape index (κ2) is 5.04. The molecule has 1 aliphatic heterocycles. The number of benzene rings is 1. The molecular formula is C15H22N2O2S. The lowest BCUT2D eigenvalue weighted by molar-refractivity contribution is 0.160. The van der Waals surface area contributed by atoms with Crippen molar-refractivity contribution in [1.29, 1.82) is 0 Å². The van der Waals surface area contributed by atoms with E-state index in [0.717, 1.165) is 12.8 Å². The van der Waals surface area contributed by atoms with E-state index in [1.165, 1.54) is 25.7 Å². The molecule has 1 spiro atoms. The van der Waals surface area contributed by atoms with E-state index in [1.807, 2.05) is 0 Å². The minimum atomic E-state index is -3.43. The summed E-state index contributed by atoms with van der Waals surface area (Å²) in [6.07, 6.45) is 7.15. The largest absolute Gasteiger partial charge is 0.398 e. The molecule has 0 unspecified atom stereocenters. The Kier molecular flexibility index (Phi) is 3.50. The van der Waals surface area contributed by atoms with E-state index < -0.39 is 10.0 Å². The molecule has 0 radical (unpaired) electrons. The number of anilines is 1. The highest BCUT2D eigenvalue weighted by atomic mass is 32.2. The zero-order chi connectivity index (χ0) is 14.2. The lowest BCUT2D eigenvalue weighted by Gasteiger charge is -2.38. The number of hydrogen-bond donors (Lipinski definition) is 1. The average molecular weight is 294 g/mol. The van der Waals surface area contributed by atoms with Gasteiger partial charge in [-0.25, -0.2) is 8.42 Å². The van der Waals surface area contributed by atoms with Crippen molar-refractivity contribution >= 4 is 15.7 Å². The molecule has 2 fully saturated rings. The summed E-state index contributed by atoms with van der Waals surface area (Å²) < 4.78 is 26.9. The van der Waals surface area contributed by atoms with Crippen molar-refractivity contribution in [2.75, 3.05) is 18.8 Å². The highest BCUT2D eigenvalue weighted by Crippen LogP contribution is 2.46. The second-order valence-corrected chi connectivity index (χ2v) is 8.06. The average Bonchev–Trinajstić information content (AvgIpc) is 2.88. The molecule has 2 aliphatic rings. The highest BCUT2D eigenvalue weighted by molar-refractivity contribution is 7.89. The van der Waals surface area contributed by atoms with Crippen LogP contribution in [0.15, 0.2) is 29.2 Å². The van der Waals surface area contributed by atoms with Crippen molar-refractivity contribution in [2.24, 2.45) is 5.41 Å². The highest BCUT2D eigenvalue weighted by Gasteiger charge is 2.40. The van der Waals surface area contributed by atoms with Crippen LogP contribution >= 0.6 is 0 Å². The van der Waals surface area contributed by atoms with Gasteiger partial charge in [0.25, 0.3) is 0 Å². The molecule has 110 valence electrons. The quantitative estimate of drug-likeness (QED) is 0.853. The van der Waals surface area contributed by atoms with Gasteiger partial charge in [-0.3, -0.25) is 0 Å². The monoisotopic (exact) mass is 294 g/mol. The summed E-state index contributed by atoms with van der Waals surface area (Å²) in [6.45, 7) is 1.27. The minimum Gasteiger partial charge on any atom is -0.398 e. The number of nitrogens with two attached hydrogens (primary N) is 1. The Hall–Kier alpha value is -1.07. The number of rotatable bonds is 2. The summed E-state index contributed by atoms with van der Waals surface area (Å²) in [5.41, 5.74) is 6.59. The van der Waals surface area contributed by atoms with Crippen LogP contribution in [0.2, 0.25) is 0 Å². The molecule has 1 saturated heterocycles. The standard InChI is InChI=1S/C15H22N2O2S/c16-13-5-1-2-6-14(13)20(18,19)17-11-9-15(10-12-17)7-3-4-8-15/h1-2,5-6H,3-4,7-12,16H2. The van der Waals surface area contributed by atoms with Crippen molar-refractivity contribution < 1.29 is 8.42 Å². The van der Waals surface area contributed by atoms with Gasteiger partial charge in [0, 0.05) is 13.1 Å². The summed E-state index contributed by atoms with van der Waals surface area (Å²) in [6, 6.07) is 6.74. The predicted molar refractivity (Wildman–Crippen MR) is 79.7 cm³/mol. The number of hydrogen-bond acceptors (Lipinski definition) is 3. The first-order valence-corrected chi connectivity index (χ1v) is 8.82. The van der Waals surface area contributed by atoms with E-state index >= 15 is 0 Å². The summed E-state index contributed by atoms with van der Waals surface area (Å²) in [5, 5.41) is 0. The van der Waals surface area contributed by atoms with Gasteiger partial charge in [-0.15, -0.1) is 0 Å². The van der Waals surface area contributed by atoms with Crippen molar-refractivity contribution in [3.8, 4) is 0 Å². The molecule has 1 aliphatic carbocycles. The molecule has 2 N–H and O–H groups in total. The number of nitrogen functional groups attached to an aromatic ring is 1. The Labute approximate surface area is 121 Å². The first-order valence-electron chi connectivity index (χ1n) is 7.38. The summed E-state index contributed by atoms with van der Waals surface area (Å²) in [4.78, 5) is 0.252. The van der Waals surface area contributed by atoms with Crippen LogP contribution in [0.25, 0.3) is 0 Å². The van der Waals surface area contributed by atoms with Crippen LogP contribution < -0.4 is 5.73 Å². The van der Waals surface area contributed by atoms with Crippen molar-refractivity contribution in [1.82, 2.24) is 4.31 Å². The molecule has 1 aromatic rings. The first-order chi connectivity index (χ1) is 9.54. The zero-order valence-electron chi connectivity index (χ0n) is 11.7. The maximum absolute atomic E-state index is 12.7. The summed E-state index contributed by atoms with van der Waals surface area (Å²) in [5.74, 6) is 0. The van der Waals surface area contributed by atoms with Gasteiger partial charge in [0.2, 0.25) is 10.0 Å². The zero-order valence-corrected chi connectivity index (χ0v) is 12.5. The molecule has 3 rings (SSSR count). The molecule has 0 atom stereocenters. The fraction of sp³-hybridized carbons (Fsp3) is 0.600. The van der Waals surface area contributed by atoms with Gasteiger partial charge < -0.3 is 5.73 Å². The molecule has 0 amide bonds.